The van der Waals surface area contributed by atoms with Gasteiger partial charge >= 0.3 is 5.97 Å². The van der Waals surface area contributed by atoms with E-state index in [1.54, 1.807) is 12.1 Å². The van der Waals surface area contributed by atoms with E-state index in [1.165, 1.54) is 16.8 Å². The van der Waals surface area contributed by atoms with Gasteiger partial charge in [0.1, 0.15) is 5.82 Å². The minimum absolute atomic E-state index is 0.159. The molecule has 3 aliphatic rings. The van der Waals surface area contributed by atoms with Gasteiger partial charge in [-0.1, -0.05) is 6.07 Å². The molecule has 2 atom stereocenters. The largest absolute Gasteiger partial charge is 0.478 e. The van der Waals surface area contributed by atoms with Crippen LogP contribution in [0.4, 0.5) is 0 Å². The van der Waals surface area contributed by atoms with Crippen LogP contribution >= 0.6 is 0 Å². The molecule has 0 bridgehead atoms. The molecule has 216 valence electrons. The lowest BCUT2D eigenvalue weighted by atomic mass is 9.96. The lowest BCUT2D eigenvalue weighted by Crippen LogP contribution is -2.36. The summed E-state index contributed by atoms with van der Waals surface area (Å²) < 4.78 is 10.1. The third-order valence-electron chi connectivity index (χ3n) is 9.46. The molecule has 4 aromatic rings. The number of piperidine rings is 1. The van der Waals surface area contributed by atoms with Crippen LogP contribution < -0.4 is 0 Å². The Balaban J connectivity index is 0.999. The van der Waals surface area contributed by atoms with Gasteiger partial charge < -0.3 is 14.4 Å². The van der Waals surface area contributed by atoms with E-state index < -0.39 is 5.97 Å². The summed E-state index contributed by atoms with van der Waals surface area (Å²) in [7, 11) is 0. The van der Waals surface area contributed by atoms with Gasteiger partial charge in [-0.3, -0.25) is 9.58 Å². The Morgan fingerprint density at radius 2 is 1.83 bits per heavy atom. The van der Waals surface area contributed by atoms with Crippen LogP contribution in [0, 0.1) is 11.3 Å². The molecule has 2 aliphatic heterocycles. The first-order valence-electron chi connectivity index (χ1n) is 15.2. The van der Waals surface area contributed by atoms with Crippen LogP contribution in [0.2, 0.25) is 0 Å². The quantitative estimate of drug-likeness (QED) is 0.311. The lowest BCUT2D eigenvalue weighted by Gasteiger charge is -2.32. The van der Waals surface area contributed by atoms with Gasteiger partial charge in [-0.2, -0.15) is 10.4 Å². The summed E-state index contributed by atoms with van der Waals surface area (Å²) in [5.41, 5.74) is 6.62. The Labute approximate surface area is 245 Å². The number of carboxylic acids is 1. The van der Waals surface area contributed by atoms with Crippen LogP contribution in [0.5, 0.6) is 0 Å². The van der Waals surface area contributed by atoms with Gasteiger partial charge in [0, 0.05) is 31.8 Å². The summed E-state index contributed by atoms with van der Waals surface area (Å²) in [5, 5.41) is 23.9. The number of rotatable bonds is 7. The number of nitriles is 1. The zero-order chi connectivity index (χ0) is 28.6. The minimum atomic E-state index is -0.923. The average Bonchev–Trinajstić information content (AvgIpc) is 3.54. The molecule has 0 amide bonds. The Morgan fingerprint density at radius 3 is 2.57 bits per heavy atom. The van der Waals surface area contributed by atoms with E-state index in [9.17, 15) is 15.2 Å². The number of carbonyl (C=O) groups is 1. The van der Waals surface area contributed by atoms with Gasteiger partial charge in [0.2, 0.25) is 0 Å². The highest BCUT2D eigenvalue weighted by Gasteiger charge is 2.27. The summed E-state index contributed by atoms with van der Waals surface area (Å²) in [6, 6.07) is 16.2. The predicted octanol–water partition coefficient (Wildman–Crippen LogP) is 5.09. The van der Waals surface area contributed by atoms with E-state index in [2.05, 4.69) is 44.6 Å². The van der Waals surface area contributed by atoms with Gasteiger partial charge in [-0.05, 0) is 92.5 Å². The predicted molar refractivity (Wildman–Crippen MR) is 157 cm³/mol. The molecule has 2 aromatic carbocycles. The first-order chi connectivity index (χ1) is 20.5. The maximum Gasteiger partial charge on any atom is 0.335 e. The summed E-state index contributed by atoms with van der Waals surface area (Å²) in [6.07, 6.45) is 9.60. The van der Waals surface area contributed by atoms with E-state index in [-0.39, 0.29) is 11.7 Å². The molecular weight excluding hydrogens is 528 g/mol. The molecule has 2 saturated heterocycles. The normalized spacial score (nSPS) is 21.4. The molecule has 0 radical (unpaired) electrons. The molecule has 9 nitrogen and oxygen atoms in total. The van der Waals surface area contributed by atoms with Crippen LogP contribution in [0.25, 0.3) is 11.0 Å². The fraction of sp³-hybridized carbons (Fsp3) is 0.455. The maximum atomic E-state index is 11.6. The molecule has 1 N–H and O–H groups in total. The highest BCUT2D eigenvalue weighted by molar-refractivity contribution is 5.92. The molecule has 4 heterocycles. The highest BCUT2D eigenvalue weighted by atomic mass is 16.5. The topological polar surface area (TPSA) is 109 Å². The van der Waals surface area contributed by atoms with Gasteiger partial charge in [0.25, 0.3) is 0 Å². The first kappa shape index (κ1) is 26.9. The molecule has 0 spiro atoms. The summed E-state index contributed by atoms with van der Waals surface area (Å²) in [4.78, 5) is 19.0. The third kappa shape index (κ3) is 5.33. The molecule has 42 heavy (non-hydrogen) atoms. The number of hydrogen-bond acceptors (Lipinski definition) is 6. The fourth-order valence-corrected chi connectivity index (χ4v) is 6.85. The maximum absolute atomic E-state index is 11.6. The van der Waals surface area contributed by atoms with Crippen molar-refractivity contribution in [3.05, 3.63) is 82.4 Å². The van der Waals surface area contributed by atoms with Crippen molar-refractivity contribution >= 4 is 17.0 Å². The van der Waals surface area contributed by atoms with Gasteiger partial charge in [0.15, 0.2) is 0 Å². The number of fused-ring (bicyclic) bond motifs is 2. The second-order valence-electron chi connectivity index (χ2n) is 12.0. The smallest absolute Gasteiger partial charge is 0.335 e. The van der Waals surface area contributed by atoms with E-state index in [0.29, 0.717) is 18.5 Å². The van der Waals surface area contributed by atoms with Gasteiger partial charge in [0.05, 0.1) is 59.2 Å². The summed E-state index contributed by atoms with van der Waals surface area (Å²) in [5.74, 6) is 0.492. The number of aromatic carboxylic acids is 1. The molecule has 1 unspecified atom stereocenters. The van der Waals surface area contributed by atoms with Crippen molar-refractivity contribution in [1.82, 2.24) is 24.2 Å². The van der Waals surface area contributed by atoms with E-state index in [1.807, 2.05) is 12.1 Å². The number of ether oxygens (including phenoxy) is 1. The Morgan fingerprint density at radius 1 is 1.02 bits per heavy atom. The number of likely N-dealkylation sites (tertiary alicyclic amines) is 1. The second-order valence-corrected chi connectivity index (χ2v) is 12.0. The van der Waals surface area contributed by atoms with Gasteiger partial charge in [-0.25, -0.2) is 9.78 Å². The standard InChI is InChI=1S/C33H36N6O3/c34-19-22-1-2-23-3-4-24(5-6-25(23)17-22)29-11-15-39(36-29)27-9-13-37(14-10-27)21-32-35-30-8-7-26(33(40)41)18-31(30)38(32)20-28-12-16-42-28/h1-2,7-8,11,15,17-18,24,27-28H,3-6,9-10,12-14,16,20-21H2,(H,40,41)/t24?,28-/m0/s1. The van der Waals surface area contributed by atoms with Crippen molar-refractivity contribution in [2.75, 3.05) is 19.7 Å². The molecule has 7 rings (SSSR count). The fourth-order valence-electron chi connectivity index (χ4n) is 6.85. The number of aryl methyl sites for hydroxylation is 2. The van der Waals surface area contributed by atoms with Crippen LogP contribution in [-0.4, -0.2) is 61.1 Å². The Kier molecular flexibility index (Phi) is 7.26. The number of hydrogen-bond donors (Lipinski definition) is 1. The van der Waals surface area contributed by atoms with E-state index in [4.69, 9.17) is 14.8 Å². The average molecular weight is 565 g/mol. The zero-order valence-electron chi connectivity index (χ0n) is 23.8. The molecular formula is C33H36N6O3. The van der Waals surface area contributed by atoms with Crippen LogP contribution in [0.1, 0.15) is 82.6 Å². The minimum Gasteiger partial charge on any atom is -0.478 e. The Bertz CT molecular complexity index is 1650. The van der Waals surface area contributed by atoms with Crippen molar-refractivity contribution in [1.29, 1.82) is 5.26 Å². The van der Waals surface area contributed by atoms with Crippen molar-refractivity contribution < 1.29 is 14.6 Å². The summed E-state index contributed by atoms with van der Waals surface area (Å²) >= 11 is 0. The number of benzene rings is 2. The van der Waals surface area contributed by atoms with Crippen LogP contribution in [0.15, 0.2) is 48.7 Å². The third-order valence-corrected chi connectivity index (χ3v) is 9.46. The molecule has 0 saturated carbocycles. The van der Waals surface area contributed by atoms with Crippen molar-refractivity contribution in [2.24, 2.45) is 0 Å². The van der Waals surface area contributed by atoms with Crippen molar-refractivity contribution in [3.63, 3.8) is 0 Å². The van der Waals surface area contributed by atoms with E-state index >= 15 is 0 Å². The number of nitrogens with zero attached hydrogens (tertiary/aromatic N) is 6. The van der Waals surface area contributed by atoms with E-state index in [0.717, 1.165) is 93.6 Å². The Hall–Kier alpha value is -4.00. The van der Waals surface area contributed by atoms with Crippen molar-refractivity contribution in [2.45, 2.75) is 76.1 Å². The second kappa shape index (κ2) is 11.3. The number of imidazole rings is 1. The number of aromatic nitrogens is 4. The molecule has 9 heteroatoms. The van der Waals surface area contributed by atoms with Crippen molar-refractivity contribution in [3.8, 4) is 6.07 Å². The summed E-state index contributed by atoms with van der Waals surface area (Å²) in [6.45, 7) is 4.14. The van der Waals surface area contributed by atoms with Gasteiger partial charge in [-0.15, -0.1) is 0 Å². The molecule has 2 fully saturated rings. The van der Waals surface area contributed by atoms with Crippen LogP contribution in [-0.2, 0) is 30.7 Å². The first-order valence-corrected chi connectivity index (χ1v) is 15.2. The SMILES string of the molecule is N#Cc1ccc2c(c1)CCC(c1ccn(C3CCN(Cc4nc5ccc(C(=O)O)cc5n4C[C@@H]4CCO4)CC3)n1)CC2. The molecule has 2 aromatic heterocycles. The molecule has 1 aliphatic carbocycles. The highest BCUT2D eigenvalue weighted by Crippen LogP contribution is 2.33. The monoisotopic (exact) mass is 564 g/mol. The number of carboxylic acid groups (broad SMARTS) is 1. The zero-order valence-corrected chi connectivity index (χ0v) is 23.8. The van der Waals surface area contributed by atoms with Crippen LogP contribution in [0.3, 0.4) is 0 Å². The lowest BCUT2D eigenvalue weighted by molar-refractivity contribution is -0.0592.